The highest BCUT2D eigenvalue weighted by atomic mass is 32.2. The number of carbonyl (C=O) groups excluding carboxylic acids is 2. The van der Waals surface area contributed by atoms with Gasteiger partial charge in [-0.2, -0.15) is 9.40 Å². The Labute approximate surface area is 197 Å². The van der Waals surface area contributed by atoms with Crippen molar-refractivity contribution in [3.8, 4) is 5.82 Å². The number of esters is 1. The van der Waals surface area contributed by atoms with E-state index < -0.39 is 22.6 Å². The summed E-state index contributed by atoms with van der Waals surface area (Å²) in [6, 6.07) is 13.3. The molecular weight excluding hydrogens is 458 g/mol. The van der Waals surface area contributed by atoms with Crippen LogP contribution >= 0.6 is 0 Å². The molecule has 34 heavy (non-hydrogen) atoms. The lowest BCUT2D eigenvalue weighted by molar-refractivity contribution is -0.135. The summed E-state index contributed by atoms with van der Waals surface area (Å²) in [6.07, 6.45) is 1.38. The zero-order chi connectivity index (χ0) is 24.3. The fourth-order valence-electron chi connectivity index (χ4n) is 3.71. The van der Waals surface area contributed by atoms with Crippen LogP contribution in [0.1, 0.15) is 21.7 Å². The number of piperazine rings is 1. The van der Waals surface area contributed by atoms with Crippen LogP contribution in [0.2, 0.25) is 0 Å². The van der Waals surface area contributed by atoms with Gasteiger partial charge in [0.25, 0.3) is 5.91 Å². The maximum atomic E-state index is 12.7. The van der Waals surface area contributed by atoms with Gasteiger partial charge in [-0.05, 0) is 44.2 Å². The third-order valence-electron chi connectivity index (χ3n) is 5.51. The van der Waals surface area contributed by atoms with Crippen LogP contribution in [0.4, 0.5) is 0 Å². The van der Waals surface area contributed by atoms with Gasteiger partial charge in [-0.25, -0.2) is 22.9 Å². The van der Waals surface area contributed by atoms with Crippen molar-refractivity contribution in [2.45, 2.75) is 18.7 Å². The van der Waals surface area contributed by atoms with Gasteiger partial charge < -0.3 is 9.64 Å². The monoisotopic (exact) mass is 483 g/mol. The number of benzene rings is 1. The Bertz CT molecular complexity index is 1280. The molecule has 0 N–H and O–H groups in total. The van der Waals surface area contributed by atoms with Crippen LogP contribution in [0.25, 0.3) is 5.82 Å². The number of pyridine rings is 1. The third kappa shape index (κ3) is 5.00. The number of hydrogen-bond acceptors (Lipinski definition) is 7. The van der Waals surface area contributed by atoms with E-state index in [1.807, 2.05) is 19.9 Å². The van der Waals surface area contributed by atoms with E-state index in [0.29, 0.717) is 5.82 Å². The lowest BCUT2D eigenvalue weighted by Gasteiger charge is -2.33. The summed E-state index contributed by atoms with van der Waals surface area (Å²) < 4.78 is 33.6. The molecule has 0 bridgehead atoms. The number of hydrogen-bond donors (Lipinski definition) is 0. The highest BCUT2D eigenvalue weighted by Crippen LogP contribution is 2.17. The Balaban J connectivity index is 1.29. The summed E-state index contributed by atoms with van der Waals surface area (Å²) in [6.45, 7) is 4.16. The summed E-state index contributed by atoms with van der Waals surface area (Å²) in [7, 11) is -3.60. The molecule has 0 aliphatic carbocycles. The molecule has 0 unspecified atom stereocenters. The van der Waals surface area contributed by atoms with Crippen molar-refractivity contribution < 1.29 is 22.7 Å². The van der Waals surface area contributed by atoms with Crippen LogP contribution in [0.15, 0.2) is 59.6 Å². The zero-order valence-electron chi connectivity index (χ0n) is 18.9. The zero-order valence-corrected chi connectivity index (χ0v) is 19.7. The van der Waals surface area contributed by atoms with E-state index in [2.05, 4.69) is 10.1 Å². The molecule has 11 heteroatoms. The van der Waals surface area contributed by atoms with E-state index in [1.54, 1.807) is 47.1 Å². The summed E-state index contributed by atoms with van der Waals surface area (Å²) in [4.78, 5) is 30.8. The van der Waals surface area contributed by atoms with Crippen molar-refractivity contribution in [2.24, 2.45) is 0 Å². The highest BCUT2D eigenvalue weighted by molar-refractivity contribution is 7.89. The first-order valence-electron chi connectivity index (χ1n) is 10.8. The molecule has 2 aromatic heterocycles. The SMILES string of the molecule is Cc1cc(C)n(-c2ccc(C(=O)OCC(=O)N3CCN(S(=O)(=O)c4ccccc4)CC3)cn2)n1. The van der Waals surface area contributed by atoms with Crippen LogP contribution in [-0.2, 0) is 19.6 Å². The van der Waals surface area contributed by atoms with Gasteiger partial charge in [-0.1, -0.05) is 18.2 Å². The Hall–Kier alpha value is -3.57. The average molecular weight is 484 g/mol. The topological polar surface area (TPSA) is 115 Å². The molecular formula is C23H25N5O5S. The highest BCUT2D eigenvalue weighted by Gasteiger charge is 2.30. The summed E-state index contributed by atoms with van der Waals surface area (Å²) in [5.41, 5.74) is 2.00. The predicted molar refractivity (Wildman–Crippen MR) is 123 cm³/mol. The lowest BCUT2D eigenvalue weighted by atomic mass is 10.3. The van der Waals surface area contributed by atoms with Crippen molar-refractivity contribution in [3.05, 3.63) is 71.7 Å². The molecule has 3 aromatic rings. The minimum absolute atomic E-state index is 0.175. The van der Waals surface area contributed by atoms with Gasteiger partial charge in [0, 0.05) is 38.1 Å². The normalized spacial score (nSPS) is 14.7. The molecule has 178 valence electrons. The fourth-order valence-corrected chi connectivity index (χ4v) is 5.16. The molecule has 1 aliphatic rings. The number of aromatic nitrogens is 3. The minimum Gasteiger partial charge on any atom is -0.452 e. The van der Waals surface area contributed by atoms with Crippen LogP contribution in [-0.4, -0.2) is 77.0 Å². The molecule has 4 rings (SSSR count). The molecule has 1 aromatic carbocycles. The Kier molecular flexibility index (Phi) is 6.75. The second-order valence-corrected chi connectivity index (χ2v) is 9.86. The fraction of sp³-hybridized carbons (Fsp3) is 0.304. The van der Waals surface area contributed by atoms with Crippen LogP contribution < -0.4 is 0 Å². The Morgan fingerprint density at radius 3 is 2.29 bits per heavy atom. The molecule has 1 aliphatic heterocycles. The number of ether oxygens (including phenoxy) is 1. The second-order valence-electron chi connectivity index (χ2n) is 7.92. The predicted octanol–water partition coefficient (Wildman–Crippen LogP) is 1.57. The quantitative estimate of drug-likeness (QED) is 0.489. The van der Waals surface area contributed by atoms with E-state index in [0.717, 1.165) is 11.4 Å². The summed E-state index contributed by atoms with van der Waals surface area (Å²) in [5, 5.41) is 4.35. The van der Waals surface area contributed by atoms with Crippen molar-refractivity contribution in [1.82, 2.24) is 24.0 Å². The van der Waals surface area contributed by atoms with Gasteiger partial charge in [0.05, 0.1) is 16.2 Å². The Morgan fingerprint density at radius 2 is 1.71 bits per heavy atom. The first kappa shape index (κ1) is 23.6. The van der Waals surface area contributed by atoms with E-state index in [1.165, 1.54) is 15.4 Å². The first-order chi connectivity index (χ1) is 16.3. The van der Waals surface area contributed by atoms with Crippen molar-refractivity contribution >= 4 is 21.9 Å². The number of rotatable bonds is 6. The van der Waals surface area contributed by atoms with Crippen LogP contribution in [0.5, 0.6) is 0 Å². The van der Waals surface area contributed by atoms with E-state index in [9.17, 15) is 18.0 Å². The van der Waals surface area contributed by atoms with Gasteiger partial charge in [0.1, 0.15) is 0 Å². The number of carbonyl (C=O) groups is 2. The number of amides is 1. The van der Waals surface area contributed by atoms with E-state index in [-0.39, 0.29) is 42.5 Å². The van der Waals surface area contributed by atoms with Crippen molar-refractivity contribution in [3.63, 3.8) is 0 Å². The summed E-state index contributed by atoms with van der Waals surface area (Å²) in [5.74, 6) is -0.468. The average Bonchev–Trinajstić information content (AvgIpc) is 3.20. The van der Waals surface area contributed by atoms with E-state index in [4.69, 9.17) is 4.74 Å². The van der Waals surface area contributed by atoms with Gasteiger partial charge in [-0.3, -0.25) is 4.79 Å². The van der Waals surface area contributed by atoms with Crippen LogP contribution in [0, 0.1) is 13.8 Å². The largest absolute Gasteiger partial charge is 0.452 e. The maximum absolute atomic E-state index is 12.7. The Morgan fingerprint density at radius 1 is 1.00 bits per heavy atom. The maximum Gasteiger partial charge on any atom is 0.340 e. The molecule has 0 atom stereocenters. The first-order valence-corrected chi connectivity index (χ1v) is 12.2. The molecule has 1 amide bonds. The molecule has 0 radical (unpaired) electrons. The van der Waals surface area contributed by atoms with Gasteiger partial charge >= 0.3 is 5.97 Å². The van der Waals surface area contributed by atoms with Gasteiger partial charge in [0.2, 0.25) is 10.0 Å². The van der Waals surface area contributed by atoms with Gasteiger partial charge in [-0.15, -0.1) is 0 Å². The van der Waals surface area contributed by atoms with Crippen molar-refractivity contribution in [1.29, 1.82) is 0 Å². The molecule has 3 heterocycles. The third-order valence-corrected chi connectivity index (χ3v) is 7.42. The number of aryl methyl sites for hydroxylation is 2. The van der Waals surface area contributed by atoms with Crippen LogP contribution in [0.3, 0.4) is 0 Å². The lowest BCUT2D eigenvalue weighted by Crippen LogP contribution is -2.51. The second kappa shape index (κ2) is 9.74. The standard InChI is InChI=1S/C23H25N5O5S/c1-17-14-18(2)28(25-17)21-9-8-19(15-24-21)23(30)33-16-22(29)26-10-12-27(13-11-26)34(31,32)20-6-4-3-5-7-20/h3-9,14-15H,10-13,16H2,1-2H3. The molecule has 0 spiro atoms. The summed E-state index contributed by atoms with van der Waals surface area (Å²) >= 11 is 0. The number of sulfonamides is 1. The number of nitrogens with zero attached hydrogens (tertiary/aromatic N) is 5. The molecule has 1 saturated heterocycles. The van der Waals surface area contributed by atoms with Crippen molar-refractivity contribution in [2.75, 3.05) is 32.8 Å². The minimum atomic E-state index is -3.60. The molecule has 10 nitrogen and oxygen atoms in total. The van der Waals surface area contributed by atoms with Gasteiger partial charge in [0.15, 0.2) is 12.4 Å². The smallest absolute Gasteiger partial charge is 0.340 e. The van der Waals surface area contributed by atoms with E-state index >= 15 is 0 Å². The molecule has 1 fully saturated rings. The molecule has 0 saturated carbocycles.